The van der Waals surface area contributed by atoms with E-state index in [1.807, 2.05) is 12.2 Å². The van der Waals surface area contributed by atoms with Gasteiger partial charge in [0.05, 0.1) is 17.9 Å². The van der Waals surface area contributed by atoms with Gasteiger partial charge in [-0.15, -0.1) is 0 Å². The van der Waals surface area contributed by atoms with E-state index in [-0.39, 0.29) is 0 Å². The average Bonchev–Trinajstić information content (AvgIpc) is 2.66. The number of nitrogens with zero attached hydrogens (tertiary/aromatic N) is 3. The maximum atomic E-state index is 5.85. The summed E-state index contributed by atoms with van der Waals surface area (Å²) in [4.78, 5) is 4.23. The van der Waals surface area contributed by atoms with Crippen molar-refractivity contribution in [1.82, 2.24) is 10.3 Å². The maximum Gasteiger partial charge on any atom is 0.151 e. The van der Waals surface area contributed by atoms with Crippen molar-refractivity contribution in [3.05, 3.63) is 36.2 Å². The van der Waals surface area contributed by atoms with Crippen LogP contribution in [0.15, 0.2) is 46.3 Å². The first kappa shape index (κ1) is 9.98. The van der Waals surface area contributed by atoms with Gasteiger partial charge in [0.1, 0.15) is 5.84 Å². The first-order chi connectivity index (χ1) is 7.16. The normalized spacial score (nSPS) is 20.0. The molecule has 78 valence electrons. The van der Waals surface area contributed by atoms with Crippen LogP contribution in [0, 0.1) is 0 Å². The predicted molar refractivity (Wildman–Crippen MR) is 62.9 cm³/mol. The van der Waals surface area contributed by atoms with Crippen molar-refractivity contribution in [2.24, 2.45) is 10.1 Å². The number of allylic oxidation sites excluding steroid dienone is 1. The molecule has 0 bridgehead atoms. The Kier molecular flexibility index (Phi) is 2.60. The summed E-state index contributed by atoms with van der Waals surface area (Å²) in [6.07, 6.45) is 5.64. The third-order valence-corrected chi connectivity index (χ3v) is 2.30. The second-order valence-electron chi connectivity index (χ2n) is 3.20. The molecule has 15 heavy (non-hydrogen) atoms. The van der Waals surface area contributed by atoms with E-state index in [1.165, 1.54) is 0 Å². The van der Waals surface area contributed by atoms with Crippen molar-refractivity contribution < 1.29 is 0 Å². The van der Waals surface area contributed by atoms with E-state index in [1.54, 1.807) is 18.1 Å². The van der Waals surface area contributed by atoms with Crippen LogP contribution in [0.5, 0.6) is 0 Å². The van der Waals surface area contributed by atoms with E-state index in [2.05, 4.69) is 22.0 Å². The van der Waals surface area contributed by atoms with Crippen LogP contribution >= 0.6 is 11.6 Å². The van der Waals surface area contributed by atoms with E-state index in [4.69, 9.17) is 11.6 Å². The van der Waals surface area contributed by atoms with Crippen LogP contribution in [0.1, 0.15) is 0 Å². The minimum absolute atomic E-state index is 0.426. The SMILES string of the molecule is C=C1C(NC2=NCC=C2)=CC(Cl)=NN1C. The first-order valence-corrected chi connectivity index (χ1v) is 4.91. The summed E-state index contributed by atoms with van der Waals surface area (Å²) in [6.45, 7) is 4.63. The van der Waals surface area contributed by atoms with Crippen molar-refractivity contribution in [3.63, 3.8) is 0 Å². The molecule has 4 nitrogen and oxygen atoms in total. The molecule has 2 aliphatic rings. The van der Waals surface area contributed by atoms with Crippen molar-refractivity contribution in [3.8, 4) is 0 Å². The number of likely N-dealkylation sites (N-methyl/N-ethyl adjacent to an activating group) is 1. The molecule has 2 rings (SSSR count). The zero-order valence-corrected chi connectivity index (χ0v) is 9.12. The number of aliphatic imine (C=N–C) groups is 1. The van der Waals surface area contributed by atoms with Crippen molar-refractivity contribution >= 4 is 22.6 Å². The van der Waals surface area contributed by atoms with Crippen LogP contribution in [0.25, 0.3) is 0 Å². The molecule has 2 aliphatic heterocycles. The van der Waals surface area contributed by atoms with Crippen LogP contribution in [-0.2, 0) is 0 Å². The molecule has 0 aromatic rings. The Morgan fingerprint density at radius 3 is 3.07 bits per heavy atom. The molecular formula is C10H11ClN4. The van der Waals surface area contributed by atoms with Gasteiger partial charge in [0, 0.05) is 13.1 Å². The number of hydrazone groups is 1. The van der Waals surface area contributed by atoms with E-state index in [0.717, 1.165) is 23.8 Å². The van der Waals surface area contributed by atoms with Crippen molar-refractivity contribution in [2.75, 3.05) is 13.6 Å². The van der Waals surface area contributed by atoms with E-state index < -0.39 is 0 Å². The van der Waals surface area contributed by atoms with Gasteiger partial charge in [-0.3, -0.25) is 10.0 Å². The number of halogens is 1. The Morgan fingerprint density at radius 2 is 2.40 bits per heavy atom. The van der Waals surface area contributed by atoms with Gasteiger partial charge in [0.15, 0.2) is 5.17 Å². The molecule has 0 fully saturated rings. The maximum absolute atomic E-state index is 5.85. The number of hydrogen-bond acceptors (Lipinski definition) is 4. The molecule has 2 heterocycles. The van der Waals surface area contributed by atoms with Gasteiger partial charge in [0.25, 0.3) is 0 Å². The molecule has 0 radical (unpaired) electrons. The fourth-order valence-electron chi connectivity index (χ4n) is 1.30. The minimum atomic E-state index is 0.426. The summed E-state index contributed by atoms with van der Waals surface area (Å²) in [5, 5.41) is 9.23. The first-order valence-electron chi connectivity index (χ1n) is 4.53. The summed E-state index contributed by atoms with van der Waals surface area (Å²) in [5.74, 6) is 0.821. The molecule has 0 aromatic carbocycles. The standard InChI is InChI=1S/C10H11ClN4/c1-7-8(6-9(11)14-15(7)2)13-10-4-3-5-12-10/h3-4,6H,1,5H2,2H3,(H,12,13). The minimum Gasteiger partial charge on any atom is -0.339 e. The Morgan fingerprint density at radius 1 is 1.60 bits per heavy atom. The highest BCUT2D eigenvalue weighted by Gasteiger charge is 2.15. The van der Waals surface area contributed by atoms with Crippen LogP contribution in [-0.4, -0.2) is 29.6 Å². The summed E-state index contributed by atoms with van der Waals surface area (Å²) in [5.41, 5.74) is 1.59. The number of rotatable bonds is 1. The van der Waals surface area contributed by atoms with Crippen LogP contribution in [0.3, 0.4) is 0 Å². The Hall–Kier alpha value is -1.55. The summed E-state index contributed by atoms with van der Waals surface area (Å²) < 4.78 is 0. The molecule has 0 spiro atoms. The summed E-state index contributed by atoms with van der Waals surface area (Å²) in [7, 11) is 1.80. The molecule has 0 atom stereocenters. The molecule has 1 N–H and O–H groups in total. The van der Waals surface area contributed by atoms with E-state index in [9.17, 15) is 0 Å². The second-order valence-corrected chi connectivity index (χ2v) is 3.59. The van der Waals surface area contributed by atoms with Gasteiger partial charge in [0.2, 0.25) is 0 Å². The highest BCUT2D eigenvalue weighted by molar-refractivity contribution is 6.68. The average molecular weight is 223 g/mol. The fraction of sp³-hybridized carbons (Fsp3) is 0.200. The van der Waals surface area contributed by atoms with E-state index in [0.29, 0.717) is 5.17 Å². The Bertz CT molecular complexity index is 417. The van der Waals surface area contributed by atoms with Gasteiger partial charge in [-0.25, -0.2) is 0 Å². The molecule has 0 aromatic heterocycles. The van der Waals surface area contributed by atoms with E-state index >= 15 is 0 Å². The molecule has 0 saturated heterocycles. The third kappa shape index (κ3) is 2.10. The largest absolute Gasteiger partial charge is 0.339 e. The lowest BCUT2D eigenvalue weighted by Gasteiger charge is -2.23. The van der Waals surface area contributed by atoms with Crippen LogP contribution < -0.4 is 5.32 Å². The quantitative estimate of drug-likeness (QED) is 0.729. The molecule has 0 unspecified atom stereocenters. The zero-order valence-electron chi connectivity index (χ0n) is 8.37. The van der Waals surface area contributed by atoms with Crippen molar-refractivity contribution in [1.29, 1.82) is 0 Å². The third-order valence-electron chi connectivity index (χ3n) is 2.12. The van der Waals surface area contributed by atoms with Crippen LogP contribution in [0.4, 0.5) is 0 Å². The Labute approximate surface area is 93.3 Å². The number of hydrogen-bond donors (Lipinski definition) is 1. The molecule has 5 heteroatoms. The lowest BCUT2D eigenvalue weighted by Crippen LogP contribution is -2.28. The summed E-state index contributed by atoms with van der Waals surface area (Å²) in [6, 6.07) is 0. The number of amidine groups is 1. The van der Waals surface area contributed by atoms with Crippen molar-refractivity contribution in [2.45, 2.75) is 0 Å². The Balaban J connectivity index is 2.17. The van der Waals surface area contributed by atoms with Gasteiger partial charge >= 0.3 is 0 Å². The lowest BCUT2D eigenvalue weighted by molar-refractivity contribution is 0.450. The van der Waals surface area contributed by atoms with Gasteiger partial charge in [-0.2, -0.15) is 5.10 Å². The molecule has 0 saturated carbocycles. The van der Waals surface area contributed by atoms with Gasteiger partial charge < -0.3 is 5.32 Å². The smallest absolute Gasteiger partial charge is 0.151 e. The highest BCUT2D eigenvalue weighted by Crippen LogP contribution is 2.16. The molecule has 0 aliphatic carbocycles. The molecule has 0 amide bonds. The van der Waals surface area contributed by atoms with Gasteiger partial charge in [-0.05, 0) is 6.08 Å². The zero-order chi connectivity index (χ0) is 10.8. The predicted octanol–water partition coefficient (Wildman–Crippen LogP) is 1.44. The summed E-state index contributed by atoms with van der Waals surface area (Å²) >= 11 is 5.85. The topological polar surface area (TPSA) is 40.0 Å². The van der Waals surface area contributed by atoms with Crippen LogP contribution in [0.2, 0.25) is 0 Å². The second kappa shape index (κ2) is 3.90. The number of nitrogens with one attached hydrogen (secondary N) is 1. The monoisotopic (exact) mass is 222 g/mol. The highest BCUT2D eigenvalue weighted by atomic mass is 35.5. The fourth-order valence-corrected chi connectivity index (χ4v) is 1.53. The lowest BCUT2D eigenvalue weighted by atomic mass is 10.3. The van der Waals surface area contributed by atoms with Gasteiger partial charge in [-0.1, -0.05) is 24.3 Å². The molecular weight excluding hydrogens is 212 g/mol.